The van der Waals surface area contributed by atoms with Crippen molar-refractivity contribution >= 4 is 5.97 Å². The maximum absolute atomic E-state index is 11.1. The van der Waals surface area contributed by atoms with Gasteiger partial charge in [-0.05, 0) is 16.5 Å². The van der Waals surface area contributed by atoms with Crippen LogP contribution in [0.25, 0.3) is 0 Å². The molecule has 0 aliphatic rings. The monoisotopic (exact) mass is 236 g/mol. The van der Waals surface area contributed by atoms with E-state index in [2.05, 4.69) is 25.5 Å². The molecule has 0 fully saturated rings. The average Bonchev–Trinajstić information content (AvgIpc) is 2.28. The van der Waals surface area contributed by atoms with Gasteiger partial charge in [-0.2, -0.15) is 0 Å². The molecular weight excluding hydrogens is 216 g/mol. The molecule has 3 heteroatoms. The number of aliphatic hydroxyl groups excluding tert-OH is 1. The normalized spacial score (nSPS) is 13.2. The van der Waals surface area contributed by atoms with Gasteiger partial charge >= 0.3 is 5.97 Å². The van der Waals surface area contributed by atoms with Crippen molar-refractivity contribution < 1.29 is 14.6 Å². The SMILES string of the molecule is COC(=O)CC(O)c1cccc(C(C)(C)C)c1. The highest BCUT2D eigenvalue weighted by Crippen LogP contribution is 2.26. The third-order valence-electron chi connectivity index (χ3n) is 2.73. The van der Waals surface area contributed by atoms with Gasteiger partial charge in [-0.25, -0.2) is 0 Å². The van der Waals surface area contributed by atoms with Crippen molar-refractivity contribution in [3.05, 3.63) is 35.4 Å². The summed E-state index contributed by atoms with van der Waals surface area (Å²) in [6.45, 7) is 6.33. The first-order valence-corrected chi connectivity index (χ1v) is 5.70. The third kappa shape index (κ3) is 3.86. The first-order valence-electron chi connectivity index (χ1n) is 5.70. The number of methoxy groups -OCH3 is 1. The van der Waals surface area contributed by atoms with Gasteiger partial charge in [0.25, 0.3) is 0 Å². The average molecular weight is 236 g/mol. The molecule has 3 nitrogen and oxygen atoms in total. The van der Waals surface area contributed by atoms with Crippen molar-refractivity contribution in [1.82, 2.24) is 0 Å². The Morgan fingerprint density at radius 2 is 2.06 bits per heavy atom. The predicted octanol–water partition coefficient (Wildman–Crippen LogP) is 2.58. The van der Waals surface area contributed by atoms with Gasteiger partial charge in [0, 0.05) is 0 Å². The van der Waals surface area contributed by atoms with Crippen LogP contribution in [0.3, 0.4) is 0 Å². The van der Waals surface area contributed by atoms with Crippen LogP contribution in [-0.2, 0) is 14.9 Å². The van der Waals surface area contributed by atoms with Crippen molar-refractivity contribution in [3.8, 4) is 0 Å². The summed E-state index contributed by atoms with van der Waals surface area (Å²) in [5, 5.41) is 9.91. The van der Waals surface area contributed by atoms with E-state index in [0.29, 0.717) is 0 Å². The number of carbonyl (C=O) groups is 1. The van der Waals surface area contributed by atoms with Gasteiger partial charge in [-0.3, -0.25) is 4.79 Å². The Labute approximate surface area is 102 Å². The molecule has 0 heterocycles. The molecule has 0 saturated heterocycles. The van der Waals surface area contributed by atoms with Crippen LogP contribution >= 0.6 is 0 Å². The Bertz CT molecular complexity index is 391. The fourth-order valence-electron chi connectivity index (χ4n) is 1.57. The van der Waals surface area contributed by atoms with Crippen LogP contribution in [0.15, 0.2) is 24.3 Å². The van der Waals surface area contributed by atoms with Gasteiger partial charge in [-0.1, -0.05) is 45.0 Å². The Balaban J connectivity index is 2.88. The second-order valence-electron chi connectivity index (χ2n) is 5.17. The van der Waals surface area contributed by atoms with Crippen LogP contribution in [0, 0.1) is 0 Å². The highest BCUT2D eigenvalue weighted by Gasteiger charge is 2.17. The zero-order valence-electron chi connectivity index (χ0n) is 10.9. The fourth-order valence-corrected chi connectivity index (χ4v) is 1.57. The molecule has 0 bridgehead atoms. The molecular formula is C14H20O3. The number of benzene rings is 1. The number of rotatable bonds is 3. The number of carbonyl (C=O) groups excluding carboxylic acids is 1. The molecule has 0 aliphatic heterocycles. The molecule has 1 atom stereocenters. The topological polar surface area (TPSA) is 46.5 Å². The summed E-state index contributed by atoms with van der Waals surface area (Å²) >= 11 is 0. The largest absolute Gasteiger partial charge is 0.469 e. The summed E-state index contributed by atoms with van der Waals surface area (Å²) in [6.07, 6.45) is -0.811. The first kappa shape index (κ1) is 13.7. The van der Waals surface area contributed by atoms with Crippen molar-refractivity contribution in [2.75, 3.05) is 7.11 Å². The van der Waals surface area contributed by atoms with Gasteiger partial charge in [-0.15, -0.1) is 0 Å². The lowest BCUT2D eigenvalue weighted by molar-refractivity contribution is -0.142. The summed E-state index contributed by atoms with van der Waals surface area (Å²) in [5.74, 6) is -0.404. The molecule has 1 rings (SSSR count). The van der Waals surface area contributed by atoms with Crippen LogP contribution in [-0.4, -0.2) is 18.2 Å². The first-order chi connectivity index (χ1) is 7.84. The molecule has 0 aliphatic carbocycles. The van der Waals surface area contributed by atoms with Crippen molar-refractivity contribution in [3.63, 3.8) is 0 Å². The van der Waals surface area contributed by atoms with E-state index in [9.17, 15) is 9.90 Å². The molecule has 0 aromatic heterocycles. The van der Waals surface area contributed by atoms with E-state index in [1.807, 2.05) is 24.3 Å². The van der Waals surface area contributed by atoms with Gasteiger partial charge in [0.15, 0.2) is 0 Å². The van der Waals surface area contributed by atoms with Crippen LogP contribution in [0.1, 0.15) is 44.4 Å². The molecule has 0 amide bonds. The van der Waals surface area contributed by atoms with Crippen LogP contribution in [0.5, 0.6) is 0 Å². The summed E-state index contributed by atoms with van der Waals surface area (Å²) < 4.78 is 4.54. The minimum atomic E-state index is -0.801. The van der Waals surface area contributed by atoms with E-state index < -0.39 is 12.1 Å². The summed E-state index contributed by atoms with van der Waals surface area (Å²) in [7, 11) is 1.32. The van der Waals surface area contributed by atoms with E-state index in [1.165, 1.54) is 7.11 Å². The van der Waals surface area contributed by atoms with Gasteiger partial charge in [0.2, 0.25) is 0 Å². The fraction of sp³-hybridized carbons (Fsp3) is 0.500. The highest BCUT2D eigenvalue weighted by atomic mass is 16.5. The standard InChI is InChI=1S/C14H20O3/c1-14(2,3)11-7-5-6-10(8-11)12(15)9-13(16)17-4/h5-8,12,15H,9H2,1-4H3. The van der Waals surface area contributed by atoms with E-state index >= 15 is 0 Å². The van der Waals surface area contributed by atoms with Crippen molar-refractivity contribution in [2.45, 2.75) is 38.7 Å². The number of ether oxygens (including phenoxy) is 1. The van der Waals surface area contributed by atoms with Crippen LogP contribution in [0.2, 0.25) is 0 Å². The molecule has 1 N–H and O–H groups in total. The third-order valence-corrected chi connectivity index (χ3v) is 2.73. The zero-order valence-corrected chi connectivity index (χ0v) is 10.9. The Kier molecular flexibility index (Phi) is 4.29. The number of hydrogen-bond acceptors (Lipinski definition) is 3. The lowest BCUT2D eigenvalue weighted by Crippen LogP contribution is -2.13. The second kappa shape index (κ2) is 5.32. The molecule has 0 saturated carbocycles. The Morgan fingerprint density at radius 3 is 2.59 bits per heavy atom. The minimum Gasteiger partial charge on any atom is -0.469 e. The molecule has 0 spiro atoms. The number of hydrogen-bond donors (Lipinski definition) is 1. The van der Waals surface area contributed by atoms with Crippen LogP contribution < -0.4 is 0 Å². The molecule has 1 aromatic rings. The Morgan fingerprint density at radius 1 is 1.41 bits per heavy atom. The van der Waals surface area contributed by atoms with Crippen molar-refractivity contribution in [1.29, 1.82) is 0 Å². The minimum absolute atomic E-state index is 0.00983. The number of esters is 1. The van der Waals surface area contributed by atoms with E-state index in [0.717, 1.165) is 11.1 Å². The lowest BCUT2D eigenvalue weighted by atomic mass is 9.85. The van der Waals surface area contributed by atoms with Gasteiger partial charge < -0.3 is 9.84 Å². The summed E-state index contributed by atoms with van der Waals surface area (Å²) in [6, 6.07) is 7.68. The lowest BCUT2D eigenvalue weighted by Gasteiger charge is -2.20. The summed E-state index contributed by atoms with van der Waals surface area (Å²) in [5.41, 5.74) is 1.92. The molecule has 0 radical (unpaired) electrons. The maximum atomic E-state index is 11.1. The van der Waals surface area contributed by atoms with Gasteiger partial charge in [0.1, 0.15) is 0 Å². The van der Waals surface area contributed by atoms with E-state index in [1.54, 1.807) is 0 Å². The highest BCUT2D eigenvalue weighted by molar-refractivity contribution is 5.70. The summed E-state index contributed by atoms with van der Waals surface area (Å²) in [4.78, 5) is 11.1. The molecule has 17 heavy (non-hydrogen) atoms. The molecule has 1 aromatic carbocycles. The molecule has 1 unspecified atom stereocenters. The Hall–Kier alpha value is -1.35. The predicted molar refractivity (Wildman–Crippen MR) is 66.7 cm³/mol. The van der Waals surface area contributed by atoms with Crippen LogP contribution in [0.4, 0.5) is 0 Å². The second-order valence-corrected chi connectivity index (χ2v) is 5.17. The molecule has 94 valence electrons. The number of aliphatic hydroxyl groups is 1. The smallest absolute Gasteiger partial charge is 0.308 e. The van der Waals surface area contributed by atoms with Crippen molar-refractivity contribution in [2.24, 2.45) is 0 Å². The zero-order chi connectivity index (χ0) is 13.1. The maximum Gasteiger partial charge on any atom is 0.308 e. The quantitative estimate of drug-likeness (QED) is 0.820. The van der Waals surface area contributed by atoms with E-state index in [-0.39, 0.29) is 11.8 Å². The van der Waals surface area contributed by atoms with E-state index in [4.69, 9.17) is 0 Å². The van der Waals surface area contributed by atoms with Gasteiger partial charge in [0.05, 0.1) is 19.6 Å².